The molecule has 0 saturated heterocycles. The zero-order valence-corrected chi connectivity index (χ0v) is 9.56. The number of aromatic nitrogens is 2. The van der Waals surface area contributed by atoms with Gasteiger partial charge in [-0.25, -0.2) is 9.78 Å². The fourth-order valence-corrected chi connectivity index (χ4v) is 1.67. The molecule has 0 unspecified atom stereocenters. The van der Waals surface area contributed by atoms with Gasteiger partial charge in [0.1, 0.15) is 5.65 Å². The van der Waals surface area contributed by atoms with E-state index in [2.05, 4.69) is 18.8 Å². The highest BCUT2D eigenvalue weighted by molar-refractivity contribution is 5.89. The third-order valence-corrected chi connectivity index (χ3v) is 2.62. The van der Waals surface area contributed by atoms with Crippen molar-refractivity contribution in [3.05, 3.63) is 35.3 Å². The van der Waals surface area contributed by atoms with Gasteiger partial charge in [-0.2, -0.15) is 0 Å². The summed E-state index contributed by atoms with van der Waals surface area (Å²) in [5.41, 5.74) is 2.84. The van der Waals surface area contributed by atoms with Gasteiger partial charge in [0, 0.05) is 11.9 Å². The monoisotopic (exact) mass is 218 g/mol. The van der Waals surface area contributed by atoms with Crippen LogP contribution in [-0.2, 0) is 0 Å². The normalized spacial score (nSPS) is 11.2. The van der Waals surface area contributed by atoms with Gasteiger partial charge in [-0.1, -0.05) is 13.8 Å². The molecule has 0 aliphatic rings. The Morgan fingerprint density at radius 3 is 2.69 bits per heavy atom. The molecule has 0 fully saturated rings. The third-order valence-electron chi connectivity index (χ3n) is 2.62. The van der Waals surface area contributed by atoms with Crippen LogP contribution in [0.15, 0.2) is 18.3 Å². The summed E-state index contributed by atoms with van der Waals surface area (Å²) in [5.74, 6) is -0.577. The number of carbonyl (C=O) groups is 1. The topological polar surface area (TPSA) is 54.6 Å². The summed E-state index contributed by atoms with van der Waals surface area (Å²) in [5, 5.41) is 8.95. The lowest BCUT2D eigenvalue weighted by Gasteiger charge is -2.01. The van der Waals surface area contributed by atoms with Gasteiger partial charge in [-0.3, -0.25) is 0 Å². The fraction of sp³-hybridized carbons (Fsp3) is 0.333. The van der Waals surface area contributed by atoms with Crippen molar-refractivity contribution in [1.82, 2.24) is 9.38 Å². The molecular weight excluding hydrogens is 204 g/mol. The Bertz CT molecular complexity index is 555. The number of nitrogens with zero attached hydrogens (tertiary/aromatic N) is 2. The average molecular weight is 218 g/mol. The van der Waals surface area contributed by atoms with E-state index in [9.17, 15) is 4.79 Å². The van der Waals surface area contributed by atoms with Crippen LogP contribution in [0.3, 0.4) is 0 Å². The van der Waals surface area contributed by atoms with Crippen LogP contribution in [0.4, 0.5) is 0 Å². The van der Waals surface area contributed by atoms with E-state index >= 15 is 0 Å². The molecule has 0 saturated carbocycles. The van der Waals surface area contributed by atoms with Crippen molar-refractivity contribution in [2.75, 3.05) is 0 Å². The number of aryl methyl sites for hydroxylation is 1. The van der Waals surface area contributed by atoms with Crippen LogP contribution in [0, 0.1) is 6.92 Å². The minimum absolute atomic E-state index is 0.283. The molecule has 2 rings (SSSR count). The van der Waals surface area contributed by atoms with Crippen LogP contribution in [0.2, 0.25) is 0 Å². The molecule has 4 nitrogen and oxygen atoms in total. The van der Waals surface area contributed by atoms with Crippen LogP contribution >= 0.6 is 0 Å². The molecular formula is C12H14N2O2. The number of fused-ring (bicyclic) bond motifs is 1. The molecule has 0 bridgehead atoms. The third kappa shape index (κ3) is 1.66. The molecule has 1 N–H and O–H groups in total. The summed E-state index contributed by atoms with van der Waals surface area (Å²) in [6.07, 6.45) is 1.96. The molecule has 0 aliphatic heterocycles. The maximum absolute atomic E-state index is 10.9. The second-order valence-corrected chi connectivity index (χ2v) is 4.24. The minimum atomic E-state index is -0.917. The first-order valence-corrected chi connectivity index (χ1v) is 5.22. The largest absolute Gasteiger partial charge is 0.478 e. The van der Waals surface area contributed by atoms with Crippen LogP contribution in [0.1, 0.15) is 41.5 Å². The molecule has 0 radical (unpaired) electrons. The Morgan fingerprint density at radius 1 is 1.44 bits per heavy atom. The summed E-state index contributed by atoms with van der Waals surface area (Å²) in [7, 11) is 0. The van der Waals surface area contributed by atoms with Gasteiger partial charge in [0.05, 0.1) is 11.3 Å². The Hall–Kier alpha value is -1.84. The van der Waals surface area contributed by atoms with Gasteiger partial charge < -0.3 is 9.51 Å². The van der Waals surface area contributed by atoms with Crippen LogP contribution in [0.25, 0.3) is 5.65 Å². The second-order valence-electron chi connectivity index (χ2n) is 4.24. The first-order chi connectivity index (χ1) is 7.49. The highest BCUT2D eigenvalue weighted by Gasteiger charge is 2.10. The van der Waals surface area contributed by atoms with Crippen LogP contribution in [0.5, 0.6) is 0 Å². The summed E-state index contributed by atoms with van der Waals surface area (Å²) >= 11 is 0. The second kappa shape index (κ2) is 3.63. The Labute approximate surface area is 93.5 Å². The SMILES string of the molecule is Cc1cc(C(=O)O)cc2nc(C(C)C)cn12. The van der Waals surface area contributed by atoms with E-state index in [0.717, 1.165) is 11.4 Å². The van der Waals surface area contributed by atoms with E-state index < -0.39 is 5.97 Å². The van der Waals surface area contributed by atoms with Gasteiger partial charge in [-0.05, 0) is 25.0 Å². The van der Waals surface area contributed by atoms with Gasteiger partial charge in [0.2, 0.25) is 0 Å². The summed E-state index contributed by atoms with van der Waals surface area (Å²) in [4.78, 5) is 15.3. The quantitative estimate of drug-likeness (QED) is 0.842. The van der Waals surface area contributed by atoms with E-state index in [1.807, 2.05) is 17.5 Å². The maximum atomic E-state index is 10.9. The van der Waals surface area contributed by atoms with Crippen molar-refractivity contribution in [2.45, 2.75) is 26.7 Å². The van der Waals surface area contributed by atoms with Gasteiger partial charge >= 0.3 is 5.97 Å². The maximum Gasteiger partial charge on any atom is 0.335 e. The number of hydrogen-bond acceptors (Lipinski definition) is 2. The van der Waals surface area contributed by atoms with Gasteiger partial charge in [0.25, 0.3) is 0 Å². The molecule has 0 aliphatic carbocycles. The lowest BCUT2D eigenvalue weighted by Crippen LogP contribution is -2.00. The Kier molecular flexibility index (Phi) is 2.42. The lowest BCUT2D eigenvalue weighted by molar-refractivity contribution is 0.0696. The summed E-state index contributed by atoms with van der Waals surface area (Å²) in [6.45, 7) is 6.01. The zero-order chi connectivity index (χ0) is 11.9. The van der Waals surface area contributed by atoms with E-state index in [-0.39, 0.29) is 5.56 Å². The van der Waals surface area contributed by atoms with Crippen molar-refractivity contribution in [1.29, 1.82) is 0 Å². The predicted molar refractivity (Wildman–Crippen MR) is 61.0 cm³/mol. The average Bonchev–Trinajstić information content (AvgIpc) is 2.61. The predicted octanol–water partition coefficient (Wildman–Crippen LogP) is 2.46. The number of carboxylic acid groups (broad SMARTS) is 1. The molecule has 84 valence electrons. The molecule has 0 spiro atoms. The number of hydrogen-bond donors (Lipinski definition) is 1. The standard InChI is InChI=1S/C12H14N2O2/c1-7(2)10-6-14-8(3)4-9(12(15)16)5-11(14)13-10/h4-7H,1-3H3,(H,15,16). The Morgan fingerprint density at radius 2 is 2.12 bits per heavy atom. The van der Waals surface area contributed by atoms with Crippen molar-refractivity contribution < 1.29 is 9.90 Å². The van der Waals surface area contributed by atoms with Gasteiger partial charge in [-0.15, -0.1) is 0 Å². The number of carboxylic acids is 1. The number of aromatic carboxylic acids is 1. The van der Waals surface area contributed by atoms with Crippen molar-refractivity contribution in [2.24, 2.45) is 0 Å². The summed E-state index contributed by atoms with van der Waals surface area (Å²) < 4.78 is 1.92. The minimum Gasteiger partial charge on any atom is -0.478 e. The van der Waals surface area contributed by atoms with E-state index in [4.69, 9.17) is 5.11 Å². The smallest absolute Gasteiger partial charge is 0.335 e. The Balaban J connectivity index is 2.68. The lowest BCUT2D eigenvalue weighted by atomic mass is 10.2. The molecule has 0 amide bonds. The van der Waals surface area contributed by atoms with Crippen LogP contribution in [-0.4, -0.2) is 20.5 Å². The van der Waals surface area contributed by atoms with E-state index in [0.29, 0.717) is 11.6 Å². The molecule has 2 heterocycles. The number of imidazole rings is 1. The van der Waals surface area contributed by atoms with E-state index in [1.165, 1.54) is 0 Å². The van der Waals surface area contributed by atoms with Crippen molar-refractivity contribution in [3.63, 3.8) is 0 Å². The zero-order valence-electron chi connectivity index (χ0n) is 9.56. The van der Waals surface area contributed by atoms with Crippen molar-refractivity contribution >= 4 is 11.6 Å². The molecule has 4 heteroatoms. The summed E-state index contributed by atoms with van der Waals surface area (Å²) in [6, 6.07) is 3.25. The molecule has 2 aromatic rings. The highest BCUT2D eigenvalue weighted by atomic mass is 16.4. The van der Waals surface area contributed by atoms with Crippen molar-refractivity contribution in [3.8, 4) is 0 Å². The molecule has 0 atom stereocenters. The number of pyridine rings is 1. The first-order valence-electron chi connectivity index (χ1n) is 5.22. The molecule has 0 aromatic carbocycles. The fourth-order valence-electron chi connectivity index (χ4n) is 1.67. The van der Waals surface area contributed by atoms with Crippen LogP contribution < -0.4 is 0 Å². The number of rotatable bonds is 2. The van der Waals surface area contributed by atoms with Gasteiger partial charge in [0.15, 0.2) is 0 Å². The first kappa shape index (κ1) is 10.7. The molecule has 16 heavy (non-hydrogen) atoms. The van der Waals surface area contributed by atoms with E-state index in [1.54, 1.807) is 12.1 Å². The highest BCUT2D eigenvalue weighted by Crippen LogP contribution is 2.17. The molecule has 2 aromatic heterocycles.